The SMILES string of the molecule is CC(C)(C)OC(=O)N1CCOc2cc(N(CCC#N)C(=O)CCl)ccc21. The minimum absolute atomic E-state index is 0.185. The quantitative estimate of drug-likeness (QED) is 0.749. The zero-order valence-corrected chi connectivity index (χ0v) is 15.9. The highest BCUT2D eigenvalue weighted by atomic mass is 35.5. The van der Waals surface area contributed by atoms with Crippen LogP contribution in [0, 0.1) is 11.3 Å². The Balaban J connectivity index is 2.30. The second-order valence-electron chi connectivity index (χ2n) is 6.72. The number of carbonyl (C=O) groups excluding carboxylic acids is 2. The molecule has 0 fully saturated rings. The van der Waals surface area contributed by atoms with E-state index in [9.17, 15) is 9.59 Å². The topological polar surface area (TPSA) is 82.9 Å². The molecule has 1 aliphatic heterocycles. The number of nitriles is 1. The Labute approximate surface area is 158 Å². The number of amides is 2. The Morgan fingerprint density at radius 3 is 2.77 bits per heavy atom. The molecule has 0 unspecified atom stereocenters. The lowest BCUT2D eigenvalue weighted by Gasteiger charge is -2.32. The van der Waals surface area contributed by atoms with Crippen LogP contribution in [0.3, 0.4) is 0 Å². The number of halogens is 1. The molecule has 2 rings (SSSR count). The minimum Gasteiger partial charge on any atom is -0.489 e. The molecule has 0 radical (unpaired) electrons. The van der Waals surface area contributed by atoms with Crippen molar-refractivity contribution in [3.05, 3.63) is 18.2 Å². The van der Waals surface area contributed by atoms with Crippen molar-refractivity contribution in [2.45, 2.75) is 32.8 Å². The maximum Gasteiger partial charge on any atom is 0.415 e. The fraction of sp³-hybridized carbons (Fsp3) is 0.500. The van der Waals surface area contributed by atoms with Crippen LogP contribution in [0.25, 0.3) is 0 Å². The van der Waals surface area contributed by atoms with Crippen LogP contribution >= 0.6 is 11.6 Å². The Morgan fingerprint density at radius 2 is 2.15 bits per heavy atom. The Bertz CT molecular complexity index is 724. The predicted molar refractivity (Wildman–Crippen MR) is 98.8 cm³/mol. The molecule has 7 nitrogen and oxygen atoms in total. The summed E-state index contributed by atoms with van der Waals surface area (Å²) >= 11 is 5.67. The van der Waals surface area contributed by atoms with Crippen LogP contribution in [-0.2, 0) is 9.53 Å². The third-order valence-electron chi connectivity index (χ3n) is 3.59. The number of nitrogens with zero attached hydrogens (tertiary/aromatic N) is 3. The molecule has 0 saturated carbocycles. The number of anilines is 2. The van der Waals surface area contributed by atoms with Crippen molar-refractivity contribution in [1.82, 2.24) is 0 Å². The molecule has 0 spiro atoms. The highest BCUT2D eigenvalue weighted by Crippen LogP contribution is 2.36. The van der Waals surface area contributed by atoms with Gasteiger partial charge in [-0.15, -0.1) is 11.6 Å². The van der Waals surface area contributed by atoms with Crippen LogP contribution in [0.4, 0.5) is 16.2 Å². The number of rotatable bonds is 4. The van der Waals surface area contributed by atoms with Gasteiger partial charge in [-0.2, -0.15) is 5.26 Å². The van der Waals surface area contributed by atoms with E-state index in [1.54, 1.807) is 39.0 Å². The van der Waals surface area contributed by atoms with Crippen LogP contribution in [-0.4, -0.2) is 43.2 Å². The molecule has 26 heavy (non-hydrogen) atoms. The van der Waals surface area contributed by atoms with E-state index in [1.165, 1.54) is 9.80 Å². The summed E-state index contributed by atoms with van der Waals surface area (Å²) in [6.45, 7) is 6.34. The van der Waals surface area contributed by atoms with Crippen LogP contribution in [0.15, 0.2) is 18.2 Å². The number of hydrogen-bond donors (Lipinski definition) is 0. The van der Waals surface area contributed by atoms with Gasteiger partial charge >= 0.3 is 6.09 Å². The van der Waals surface area contributed by atoms with Gasteiger partial charge in [-0.25, -0.2) is 4.79 Å². The maximum absolute atomic E-state index is 12.4. The van der Waals surface area contributed by atoms with E-state index in [1.807, 2.05) is 6.07 Å². The number of ether oxygens (including phenoxy) is 2. The molecule has 8 heteroatoms. The van der Waals surface area contributed by atoms with E-state index >= 15 is 0 Å². The van der Waals surface area contributed by atoms with Gasteiger partial charge in [-0.3, -0.25) is 9.69 Å². The number of benzene rings is 1. The van der Waals surface area contributed by atoms with Crippen molar-refractivity contribution in [2.75, 3.05) is 35.4 Å². The first-order valence-corrected chi connectivity index (χ1v) is 8.81. The number of hydrogen-bond acceptors (Lipinski definition) is 5. The first-order chi connectivity index (χ1) is 12.3. The largest absolute Gasteiger partial charge is 0.489 e. The summed E-state index contributed by atoms with van der Waals surface area (Å²) in [5.41, 5.74) is 0.541. The van der Waals surface area contributed by atoms with Gasteiger partial charge in [-0.1, -0.05) is 0 Å². The van der Waals surface area contributed by atoms with Crippen molar-refractivity contribution >= 4 is 35.0 Å². The standard InChI is InChI=1S/C18H22ClN3O4/c1-18(2,3)26-17(24)22-9-10-25-15-11-13(5-6-14(15)22)21(8-4-7-20)16(23)12-19/h5-6,11H,4,8-10,12H2,1-3H3. The van der Waals surface area contributed by atoms with Gasteiger partial charge in [0.1, 0.15) is 23.8 Å². The fourth-order valence-corrected chi connectivity index (χ4v) is 2.66. The fourth-order valence-electron chi connectivity index (χ4n) is 2.52. The lowest BCUT2D eigenvalue weighted by molar-refractivity contribution is -0.116. The average Bonchev–Trinajstić information content (AvgIpc) is 2.59. The molecule has 0 aliphatic carbocycles. The number of carbonyl (C=O) groups is 2. The zero-order valence-electron chi connectivity index (χ0n) is 15.1. The van der Waals surface area contributed by atoms with Gasteiger partial charge in [0.15, 0.2) is 0 Å². The molecule has 0 saturated heterocycles. The summed E-state index contributed by atoms with van der Waals surface area (Å²) in [5.74, 6) is -0.0152. The van der Waals surface area contributed by atoms with Crippen LogP contribution < -0.4 is 14.5 Å². The smallest absolute Gasteiger partial charge is 0.415 e. The third-order valence-corrected chi connectivity index (χ3v) is 3.82. The molecular weight excluding hydrogens is 358 g/mol. The summed E-state index contributed by atoms with van der Waals surface area (Å²) in [6, 6.07) is 7.09. The summed E-state index contributed by atoms with van der Waals surface area (Å²) < 4.78 is 11.1. The van der Waals surface area contributed by atoms with E-state index in [-0.39, 0.29) is 24.8 Å². The van der Waals surface area contributed by atoms with Crippen molar-refractivity contribution in [3.63, 3.8) is 0 Å². The average molecular weight is 380 g/mol. The second kappa shape index (κ2) is 8.28. The van der Waals surface area contributed by atoms with Gasteiger partial charge in [0.25, 0.3) is 0 Å². The lowest BCUT2D eigenvalue weighted by Crippen LogP contribution is -2.41. The Morgan fingerprint density at radius 1 is 1.42 bits per heavy atom. The molecule has 140 valence electrons. The Hall–Kier alpha value is -2.46. The monoisotopic (exact) mass is 379 g/mol. The number of fused-ring (bicyclic) bond motifs is 1. The predicted octanol–water partition coefficient (Wildman–Crippen LogP) is 3.31. The second-order valence-corrected chi connectivity index (χ2v) is 6.99. The zero-order chi connectivity index (χ0) is 19.3. The van der Waals surface area contributed by atoms with Crippen LogP contribution in [0.1, 0.15) is 27.2 Å². The van der Waals surface area contributed by atoms with Crippen molar-refractivity contribution < 1.29 is 19.1 Å². The highest BCUT2D eigenvalue weighted by Gasteiger charge is 2.29. The molecule has 0 atom stereocenters. The summed E-state index contributed by atoms with van der Waals surface area (Å²) in [4.78, 5) is 27.4. The molecule has 1 heterocycles. The third kappa shape index (κ3) is 4.79. The normalized spacial score (nSPS) is 13.3. The first-order valence-electron chi connectivity index (χ1n) is 8.27. The van der Waals surface area contributed by atoms with E-state index in [4.69, 9.17) is 26.3 Å². The Kier molecular flexibility index (Phi) is 6.32. The molecule has 0 bridgehead atoms. The van der Waals surface area contributed by atoms with E-state index in [0.29, 0.717) is 30.3 Å². The van der Waals surface area contributed by atoms with Crippen LogP contribution in [0.5, 0.6) is 5.75 Å². The van der Waals surface area contributed by atoms with Gasteiger partial charge in [0.05, 0.1) is 24.7 Å². The molecule has 0 N–H and O–H groups in total. The van der Waals surface area contributed by atoms with Crippen molar-refractivity contribution in [1.29, 1.82) is 5.26 Å². The highest BCUT2D eigenvalue weighted by molar-refractivity contribution is 6.29. The molecule has 2 amide bonds. The summed E-state index contributed by atoms with van der Waals surface area (Å²) in [6.07, 6.45) is -0.266. The van der Waals surface area contributed by atoms with E-state index in [2.05, 4.69) is 0 Å². The minimum atomic E-state index is -0.601. The van der Waals surface area contributed by atoms with E-state index in [0.717, 1.165) is 0 Å². The maximum atomic E-state index is 12.4. The van der Waals surface area contributed by atoms with Crippen molar-refractivity contribution in [2.24, 2.45) is 0 Å². The molecule has 1 aliphatic rings. The van der Waals surface area contributed by atoms with Gasteiger partial charge < -0.3 is 14.4 Å². The van der Waals surface area contributed by atoms with Gasteiger partial charge in [0.2, 0.25) is 5.91 Å². The van der Waals surface area contributed by atoms with Gasteiger partial charge in [-0.05, 0) is 32.9 Å². The van der Waals surface area contributed by atoms with Crippen LogP contribution in [0.2, 0.25) is 0 Å². The number of alkyl halides is 1. The lowest BCUT2D eigenvalue weighted by atomic mass is 10.2. The first kappa shape index (κ1) is 19.9. The molecule has 1 aromatic carbocycles. The summed E-state index contributed by atoms with van der Waals surface area (Å²) in [7, 11) is 0. The molecule has 0 aromatic heterocycles. The molecule has 1 aromatic rings. The van der Waals surface area contributed by atoms with Gasteiger partial charge in [0, 0.05) is 18.3 Å². The van der Waals surface area contributed by atoms with E-state index < -0.39 is 11.7 Å². The summed E-state index contributed by atoms with van der Waals surface area (Å²) in [5, 5.41) is 8.79. The van der Waals surface area contributed by atoms with Crippen molar-refractivity contribution in [3.8, 4) is 11.8 Å². The molecular formula is C18H22ClN3O4.